The number of carbonyl (C=O) groups is 1. The topological polar surface area (TPSA) is 29.1 Å². The molecule has 0 spiro atoms. The standard InChI is InChI=1S/C12H11NOS2/c1-13-12(14)9-4-2-8(3-5-9)10-6-7-11(15)16-10/h2-7,15H,1H3,(H,13,14). The van der Waals surface area contributed by atoms with E-state index in [0.717, 1.165) is 14.6 Å². The van der Waals surface area contributed by atoms with Gasteiger partial charge in [-0.2, -0.15) is 0 Å². The van der Waals surface area contributed by atoms with Gasteiger partial charge in [0.05, 0.1) is 4.21 Å². The Bertz CT molecular complexity index is 502. The second kappa shape index (κ2) is 4.72. The summed E-state index contributed by atoms with van der Waals surface area (Å²) in [4.78, 5) is 12.5. The zero-order valence-electron chi connectivity index (χ0n) is 8.73. The number of amides is 1. The molecule has 4 heteroatoms. The molecule has 0 fully saturated rings. The van der Waals surface area contributed by atoms with E-state index in [1.54, 1.807) is 18.4 Å². The van der Waals surface area contributed by atoms with Crippen LogP contribution in [0.3, 0.4) is 0 Å². The van der Waals surface area contributed by atoms with Crippen LogP contribution in [0, 0.1) is 0 Å². The van der Waals surface area contributed by atoms with Crippen LogP contribution in [0.15, 0.2) is 40.6 Å². The number of thiol groups is 1. The molecule has 0 saturated carbocycles. The van der Waals surface area contributed by atoms with E-state index < -0.39 is 0 Å². The highest BCUT2D eigenvalue weighted by molar-refractivity contribution is 7.83. The fraction of sp³-hybridized carbons (Fsp3) is 0.0833. The number of nitrogens with one attached hydrogen (secondary N) is 1. The summed E-state index contributed by atoms with van der Waals surface area (Å²) in [5.74, 6) is -0.0624. The van der Waals surface area contributed by atoms with Crippen LogP contribution >= 0.6 is 24.0 Å². The molecule has 0 unspecified atom stereocenters. The Kier molecular flexibility index (Phi) is 3.31. The highest BCUT2D eigenvalue weighted by Gasteiger charge is 2.04. The van der Waals surface area contributed by atoms with E-state index in [9.17, 15) is 4.79 Å². The molecule has 0 radical (unpaired) electrons. The largest absolute Gasteiger partial charge is 0.355 e. The third-order valence-corrected chi connectivity index (χ3v) is 3.61. The average molecular weight is 249 g/mol. The quantitative estimate of drug-likeness (QED) is 0.787. The van der Waals surface area contributed by atoms with Gasteiger partial charge in [0.2, 0.25) is 0 Å². The first-order valence-electron chi connectivity index (χ1n) is 4.82. The number of rotatable bonds is 2. The number of carbonyl (C=O) groups excluding carboxylic acids is 1. The first kappa shape index (κ1) is 11.2. The second-order valence-electron chi connectivity index (χ2n) is 3.29. The fourth-order valence-electron chi connectivity index (χ4n) is 1.41. The van der Waals surface area contributed by atoms with Gasteiger partial charge < -0.3 is 5.32 Å². The monoisotopic (exact) mass is 249 g/mol. The molecule has 0 aliphatic rings. The summed E-state index contributed by atoms with van der Waals surface area (Å²) in [5, 5.41) is 2.60. The van der Waals surface area contributed by atoms with E-state index in [-0.39, 0.29) is 5.91 Å². The van der Waals surface area contributed by atoms with Crippen molar-refractivity contribution in [2.45, 2.75) is 4.21 Å². The third kappa shape index (κ3) is 2.28. The molecule has 0 atom stereocenters. The summed E-state index contributed by atoms with van der Waals surface area (Å²) in [6.07, 6.45) is 0. The van der Waals surface area contributed by atoms with Crippen molar-refractivity contribution < 1.29 is 4.79 Å². The Morgan fingerprint density at radius 1 is 1.19 bits per heavy atom. The maximum absolute atomic E-state index is 11.3. The lowest BCUT2D eigenvalue weighted by Crippen LogP contribution is -2.17. The molecular formula is C12H11NOS2. The molecular weight excluding hydrogens is 238 g/mol. The number of hydrogen-bond acceptors (Lipinski definition) is 3. The Balaban J connectivity index is 2.29. The Labute approximate surface area is 104 Å². The normalized spacial score (nSPS) is 10.1. The molecule has 1 aromatic heterocycles. The minimum absolute atomic E-state index is 0.0624. The molecule has 0 bridgehead atoms. The Morgan fingerprint density at radius 3 is 2.38 bits per heavy atom. The van der Waals surface area contributed by atoms with Gasteiger partial charge in [0.1, 0.15) is 0 Å². The van der Waals surface area contributed by atoms with Gasteiger partial charge in [-0.25, -0.2) is 0 Å². The molecule has 0 aliphatic heterocycles. The predicted molar refractivity (Wildman–Crippen MR) is 70.4 cm³/mol. The lowest BCUT2D eigenvalue weighted by molar-refractivity contribution is 0.0963. The lowest BCUT2D eigenvalue weighted by Gasteiger charge is -2.01. The molecule has 2 nitrogen and oxygen atoms in total. The first-order valence-corrected chi connectivity index (χ1v) is 6.08. The number of thiophene rings is 1. The van der Waals surface area contributed by atoms with E-state index in [4.69, 9.17) is 0 Å². The number of benzene rings is 1. The van der Waals surface area contributed by atoms with Crippen molar-refractivity contribution in [2.24, 2.45) is 0 Å². The van der Waals surface area contributed by atoms with Crippen LogP contribution in [-0.2, 0) is 0 Å². The average Bonchev–Trinajstić information content (AvgIpc) is 2.75. The van der Waals surface area contributed by atoms with E-state index in [0.29, 0.717) is 5.56 Å². The van der Waals surface area contributed by atoms with Gasteiger partial charge >= 0.3 is 0 Å². The van der Waals surface area contributed by atoms with Crippen LogP contribution in [0.1, 0.15) is 10.4 Å². The van der Waals surface area contributed by atoms with E-state index in [1.165, 1.54) is 0 Å². The molecule has 1 aromatic carbocycles. The van der Waals surface area contributed by atoms with Crippen molar-refractivity contribution in [1.29, 1.82) is 0 Å². The van der Waals surface area contributed by atoms with Crippen LogP contribution in [0.25, 0.3) is 10.4 Å². The van der Waals surface area contributed by atoms with Crippen molar-refractivity contribution >= 4 is 29.9 Å². The second-order valence-corrected chi connectivity index (χ2v) is 5.16. The maximum Gasteiger partial charge on any atom is 0.251 e. The smallest absolute Gasteiger partial charge is 0.251 e. The molecule has 0 saturated heterocycles. The molecule has 1 amide bonds. The van der Waals surface area contributed by atoms with Crippen molar-refractivity contribution in [3.8, 4) is 10.4 Å². The first-order chi connectivity index (χ1) is 7.70. The summed E-state index contributed by atoms with van der Waals surface area (Å²) >= 11 is 5.90. The zero-order chi connectivity index (χ0) is 11.5. The molecule has 0 aliphatic carbocycles. The molecule has 2 rings (SSSR count). The molecule has 1 heterocycles. The summed E-state index contributed by atoms with van der Waals surface area (Å²) in [7, 11) is 1.63. The van der Waals surface area contributed by atoms with Crippen molar-refractivity contribution in [3.05, 3.63) is 42.0 Å². The van der Waals surface area contributed by atoms with Gasteiger partial charge in [-0.05, 0) is 29.8 Å². The van der Waals surface area contributed by atoms with E-state index >= 15 is 0 Å². The zero-order valence-corrected chi connectivity index (χ0v) is 10.4. The number of hydrogen-bond donors (Lipinski definition) is 2. The summed E-state index contributed by atoms with van der Waals surface area (Å²) < 4.78 is 0.991. The molecule has 16 heavy (non-hydrogen) atoms. The fourth-order valence-corrected chi connectivity index (χ4v) is 2.53. The van der Waals surface area contributed by atoms with E-state index in [2.05, 4.69) is 17.9 Å². The Hall–Kier alpha value is -1.26. The predicted octanol–water partition coefficient (Wildman–Crippen LogP) is 3.06. The van der Waals surface area contributed by atoms with Crippen molar-refractivity contribution in [3.63, 3.8) is 0 Å². The van der Waals surface area contributed by atoms with Crippen molar-refractivity contribution in [2.75, 3.05) is 7.05 Å². The molecule has 82 valence electrons. The Morgan fingerprint density at radius 2 is 1.88 bits per heavy atom. The molecule has 1 N–H and O–H groups in total. The van der Waals surface area contributed by atoms with Crippen molar-refractivity contribution in [1.82, 2.24) is 5.32 Å². The van der Waals surface area contributed by atoms with Gasteiger partial charge in [0.15, 0.2) is 0 Å². The van der Waals surface area contributed by atoms with Gasteiger partial charge in [-0.15, -0.1) is 24.0 Å². The van der Waals surface area contributed by atoms with Gasteiger partial charge in [-0.1, -0.05) is 12.1 Å². The summed E-state index contributed by atoms with van der Waals surface area (Å²) in [6, 6.07) is 11.5. The SMILES string of the molecule is CNC(=O)c1ccc(-c2ccc(S)s2)cc1. The summed E-state index contributed by atoms with van der Waals surface area (Å²) in [6.45, 7) is 0. The van der Waals surface area contributed by atoms with Crippen LogP contribution in [-0.4, -0.2) is 13.0 Å². The van der Waals surface area contributed by atoms with Gasteiger partial charge in [0, 0.05) is 17.5 Å². The van der Waals surface area contributed by atoms with Crippen LogP contribution in [0.2, 0.25) is 0 Å². The van der Waals surface area contributed by atoms with Crippen LogP contribution in [0.4, 0.5) is 0 Å². The van der Waals surface area contributed by atoms with E-state index in [1.807, 2.05) is 36.4 Å². The highest BCUT2D eigenvalue weighted by Crippen LogP contribution is 2.29. The maximum atomic E-state index is 11.3. The third-order valence-electron chi connectivity index (χ3n) is 2.25. The van der Waals surface area contributed by atoms with Gasteiger partial charge in [-0.3, -0.25) is 4.79 Å². The minimum Gasteiger partial charge on any atom is -0.355 e. The van der Waals surface area contributed by atoms with Crippen LogP contribution in [0.5, 0.6) is 0 Å². The molecule has 2 aromatic rings. The summed E-state index contributed by atoms with van der Waals surface area (Å²) in [5.41, 5.74) is 1.78. The van der Waals surface area contributed by atoms with Crippen LogP contribution < -0.4 is 5.32 Å². The lowest BCUT2D eigenvalue weighted by atomic mass is 10.1. The minimum atomic E-state index is -0.0624. The highest BCUT2D eigenvalue weighted by atomic mass is 32.2. The van der Waals surface area contributed by atoms with Gasteiger partial charge in [0.25, 0.3) is 5.91 Å².